The van der Waals surface area contributed by atoms with E-state index in [1.165, 1.54) is 0 Å². The van der Waals surface area contributed by atoms with E-state index < -0.39 is 11.0 Å². The molecule has 14 heavy (non-hydrogen) atoms. The Kier molecular flexibility index (Phi) is 2.46. The van der Waals surface area contributed by atoms with Crippen molar-refractivity contribution in [1.82, 2.24) is 0 Å². The molecular formula is C10H13NO2S. The van der Waals surface area contributed by atoms with Crippen LogP contribution in [-0.2, 0) is 11.0 Å². The Bertz CT molecular complexity index is 378. The van der Waals surface area contributed by atoms with Gasteiger partial charge in [0.25, 0.3) is 0 Å². The molecule has 0 saturated carbocycles. The number of ether oxygens (including phenoxy) is 1. The summed E-state index contributed by atoms with van der Waals surface area (Å²) in [7, 11) is -0.968. The van der Waals surface area contributed by atoms with Gasteiger partial charge in [-0.1, -0.05) is 6.07 Å². The highest BCUT2D eigenvalue weighted by Gasteiger charge is 2.20. The number of hydrogen-bond acceptors (Lipinski definition) is 2. The van der Waals surface area contributed by atoms with Gasteiger partial charge in [-0.25, -0.2) is 4.21 Å². The third-order valence-electron chi connectivity index (χ3n) is 2.25. The molecule has 3 nitrogen and oxygen atoms in total. The fourth-order valence-corrected chi connectivity index (χ4v) is 2.32. The average Bonchev–Trinajstić information content (AvgIpc) is 2.16. The van der Waals surface area contributed by atoms with Crippen molar-refractivity contribution >= 4 is 16.7 Å². The summed E-state index contributed by atoms with van der Waals surface area (Å²) in [6.45, 7) is 3.32. The molecule has 4 heteroatoms. The lowest BCUT2D eigenvalue weighted by atomic mass is 10.2. The van der Waals surface area contributed by atoms with Crippen LogP contribution in [0.1, 0.15) is 5.56 Å². The Morgan fingerprint density at radius 2 is 2.29 bits per heavy atom. The van der Waals surface area contributed by atoms with E-state index in [2.05, 4.69) is 0 Å². The molecule has 0 aromatic heterocycles. The molecule has 1 heterocycles. The van der Waals surface area contributed by atoms with Gasteiger partial charge in [-0.05, 0) is 24.6 Å². The normalized spacial score (nSPS) is 17.1. The predicted molar refractivity (Wildman–Crippen MR) is 58.1 cm³/mol. The molecule has 0 N–H and O–H groups in total. The Balaban J connectivity index is 2.46. The number of anilines is 1. The zero-order valence-electron chi connectivity index (χ0n) is 8.32. The maximum absolute atomic E-state index is 11.5. The first-order valence-electron chi connectivity index (χ1n) is 4.53. The Hall–Kier alpha value is -1.03. The summed E-state index contributed by atoms with van der Waals surface area (Å²) in [6.07, 6.45) is 1.69. The van der Waals surface area contributed by atoms with Crippen LogP contribution < -0.4 is 9.04 Å². The van der Waals surface area contributed by atoms with E-state index in [0.717, 1.165) is 17.0 Å². The zero-order chi connectivity index (χ0) is 10.1. The molecule has 1 atom stereocenters. The van der Waals surface area contributed by atoms with Gasteiger partial charge >= 0.3 is 0 Å². The molecule has 0 amide bonds. The molecule has 0 fully saturated rings. The lowest BCUT2D eigenvalue weighted by Crippen LogP contribution is -2.33. The van der Waals surface area contributed by atoms with Crippen LogP contribution in [0, 0.1) is 6.92 Å². The van der Waals surface area contributed by atoms with E-state index in [1.54, 1.807) is 6.26 Å². The minimum absolute atomic E-state index is 0.607. The number of fused-ring (bicyclic) bond motifs is 1. The van der Waals surface area contributed by atoms with Crippen LogP contribution in [-0.4, -0.2) is 23.6 Å². The van der Waals surface area contributed by atoms with Crippen LogP contribution in [0.15, 0.2) is 18.2 Å². The van der Waals surface area contributed by atoms with Gasteiger partial charge in [0.1, 0.15) is 23.3 Å². The Labute approximate surface area is 86.3 Å². The molecular weight excluding hydrogens is 198 g/mol. The van der Waals surface area contributed by atoms with Crippen molar-refractivity contribution in [2.75, 3.05) is 23.7 Å². The number of rotatable bonds is 1. The minimum atomic E-state index is -0.968. The van der Waals surface area contributed by atoms with Crippen LogP contribution >= 0.6 is 0 Å². The van der Waals surface area contributed by atoms with Gasteiger partial charge in [0, 0.05) is 6.26 Å². The smallest absolute Gasteiger partial charge is 0.143 e. The molecule has 0 radical (unpaired) electrons. The van der Waals surface area contributed by atoms with Gasteiger partial charge in [0.15, 0.2) is 0 Å². The van der Waals surface area contributed by atoms with Crippen molar-refractivity contribution < 1.29 is 8.95 Å². The second-order valence-electron chi connectivity index (χ2n) is 3.35. The molecule has 1 aliphatic rings. The highest BCUT2D eigenvalue weighted by Crippen LogP contribution is 2.32. The largest absolute Gasteiger partial charge is 0.489 e. The average molecular weight is 211 g/mol. The maximum atomic E-state index is 11.5. The van der Waals surface area contributed by atoms with E-state index in [-0.39, 0.29) is 0 Å². The predicted octanol–water partition coefficient (Wildman–Crippen LogP) is 1.49. The molecule has 0 bridgehead atoms. The second-order valence-corrected chi connectivity index (χ2v) is 4.63. The molecule has 2 rings (SSSR count). The summed E-state index contributed by atoms with van der Waals surface area (Å²) >= 11 is 0. The topological polar surface area (TPSA) is 29.5 Å². The van der Waals surface area contributed by atoms with Crippen molar-refractivity contribution in [3.63, 3.8) is 0 Å². The van der Waals surface area contributed by atoms with Gasteiger partial charge in [-0.3, -0.25) is 4.31 Å². The summed E-state index contributed by atoms with van der Waals surface area (Å²) in [5.74, 6) is 0.831. The SMILES string of the molecule is Cc1ccc2c(c1)N(S(C)=O)CCO2. The van der Waals surface area contributed by atoms with Crippen LogP contribution in [0.25, 0.3) is 0 Å². The maximum Gasteiger partial charge on any atom is 0.143 e. The standard InChI is InChI=1S/C10H13NO2S/c1-8-3-4-10-9(7-8)11(14(2)12)5-6-13-10/h3-4,7H,5-6H2,1-2H3. The fourth-order valence-electron chi connectivity index (χ4n) is 1.57. The fraction of sp³-hybridized carbons (Fsp3) is 0.400. The third-order valence-corrected chi connectivity index (χ3v) is 3.25. The summed E-state index contributed by atoms with van der Waals surface area (Å²) in [4.78, 5) is 0. The van der Waals surface area contributed by atoms with Gasteiger partial charge in [0.2, 0.25) is 0 Å². The molecule has 1 unspecified atom stereocenters. The quantitative estimate of drug-likeness (QED) is 0.704. The molecule has 0 spiro atoms. The van der Waals surface area contributed by atoms with E-state index in [0.29, 0.717) is 13.2 Å². The molecule has 1 aromatic carbocycles. The molecule has 1 aromatic rings. The van der Waals surface area contributed by atoms with Crippen molar-refractivity contribution in [3.05, 3.63) is 23.8 Å². The van der Waals surface area contributed by atoms with Crippen LogP contribution in [0.2, 0.25) is 0 Å². The summed E-state index contributed by atoms with van der Waals surface area (Å²) in [6, 6.07) is 5.94. The number of hydrogen-bond donors (Lipinski definition) is 0. The second kappa shape index (κ2) is 3.61. The molecule has 0 aliphatic carbocycles. The van der Waals surface area contributed by atoms with E-state index in [9.17, 15) is 4.21 Å². The minimum Gasteiger partial charge on any atom is -0.489 e. The monoisotopic (exact) mass is 211 g/mol. The zero-order valence-corrected chi connectivity index (χ0v) is 9.13. The van der Waals surface area contributed by atoms with Gasteiger partial charge in [-0.2, -0.15) is 0 Å². The first-order valence-corrected chi connectivity index (χ1v) is 6.04. The summed E-state index contributed by atoms with van der Waals surface area (Å²) < 4.78 is 18.8. The van der Waals surface area contributed by atoms with Crippen LogP contribution in [0.3, 0.4) is 0 Å². The third kappa shape index (κ3) is 1.62. The number of benzene rings is 1. The number of aryl methyl sites for hydroxylation is 1. The highest BCUT2D eigenvalue weighted by molar-refractivity contribution is 7.85. The van der Waals surface area contributed by atoms with E-state index >= 15 is 0 Å². The van der Waals surface area contributed by atoms with Gasteiger partial charge in [-0.15, -0.1) is 0 Å². The lowest BCUT2D eigenvalue weighted by Gasteiger charge is -2.28. The van der Waals surface area contributed by atoms with Crippen molar-refractivity contribution in [2.45, 2.75) is 6.92 Å². The van der Waals surface area contributed by atoms with Crippen LogP contribution in [0.4, 0.5) is 5.69 Å². The van der Waals surface area contributed by atoms with Gasteiger partial charge in [0.05, 0.1) is 12.2 Å². The summed E-state index contributed by atoms with van der Waals surface area (Å²) in [5.41, 5.74) is 2.10. The van der Waals surface area contributed by atoms with Crippen molar-refractivity contribution in [1.29, 1.82) is 0 Å². The molecule has 76 valence electrons. The number of nitrogens with zero attached hydrogens (tertiary/aromatic N) is 1. The van der Waals surface area contributed by atoms with Crippen LogP contribution in [0.5, 0.6) is 5.75 Å². The van der Waals surface area contributed by atoms with Gasteiger partial charge < -0.3 is 4.74 Å². The molecule has 0 saturated heterocycles. The summed E-state index contributed by atoms with van der Waals surface area (Å²) in [5, 5.41) is 0. The lowest BCUT2D eigenvalue weighted by molar-refractivity contribution is 0.317. The van der Waals surface area contributed by atoms with Crippen molar-refractivity contribution in [3.8, 4) is 5.75 Å². The molecule has 1 aliphatic heterocycles. The Morgan fingerprint density at radius 1 is 1.50 bits per heavy atom. The first-order chi connectivity index (χ1) is 6.68. The highest BCUT2D eigenvalue weighted by atomic mass is 32.2. The Morgan fingerprint density at radius 3 is 3.00 bits per heavy atom. The van der Waals surface area contributed by atoms with E-state index in [1.807, 2.05) is 29.4 Å². The first kappa shape index (κ1) is 9.52. The van der Waals surface area contributed by atoms with E-state index in [4.69, 9.17) is 4.74 Å². The van der Waals surface area contributed by atoms with Crippen molar-refractivity contribution in [2.24, 2.45) is 0 Å².